The molecule has 2 heterocycles. The van der Waals surface area contributed by atoms with Gasteiger partial charge in [-0.05, 0) is 25.5 Å². The van der Waals surface area contributed by atoms with Crippen LogP contribution in [-0.4, -0.2) is 31.1 Å². The highest BCUT2D eigenvalue weighted by molar-refractivity contribution is 6.30. The van der Waals surface area contributed by atoms with Crippen molar-refractivity contribution in [2.24, 2.45) is 0 Å². The molecular formula is C17H19ClF3N3O3. The summed E-state index contributed by atoms with van der Waals surface area (Å²) in [5, 5.41) is 29.5. The standard InChI is InChI=1S/C17H19ClF3N3O3/c1-3-4-10(25)5-6-11-9(2)15(26)24(16(11)27)23-13-8-7-12(14(18)22-13)17(19,20)21/h5-8,10,25-27H,3-4H2,1-2H3,(H,22,23)/b6-5+. The Morgan fingerprint density at radius 3 is 2.52 bits per heavy atom. The molecule has 4 N–H and O–H groups in total. The molecule has 148 valence electrons. The van der Waals surface area contributed by atoms with Gasteiger partial charge in [-0.25, -0.2) is 4.98 Å². The highest BCUT2D eigenvalue weighted by Gasteiger charge is 2.34. The van der Waals surface area contributed by atoms with Crippen molar-refractivity contribution >= 4 is 23.5 Å². The maximum atomic E-state index is 12.7. The lowest BCUT2D eigenvalue weighted by Crippen LogP contribution is -2.12. The number of anilines is 1. The Bertz CT molecular complexity index is 850. The Morgan fingerprint density at radius 2 is 1.96 bits per heavy atom. The predicted molar refractivity (Wildman–Crippen MR) is 95.7 cm³/mol. The van der Waals surface area contributed by atoms with Crippen molar-refractivity contribution in [3.63, 3.8) is 0 Å². The minimum absolute atomic E-state index is 0.116. The van der Waals surface area contributed by atoms with Crippen molar-refractivity contribution < 1.29 is 28.5 Å². The summed E-state index contributed by atoms with van der Waals surface area (Å²) < 4.78 is 39.1. The molecule has 0 aromatic carbocycles. The van der Waals surface area contributed by atoms with E-state index >= 15 is 0 Å². The summed E-state index contributed by atoms with van der Waals surface area (Å²) in [7, 11) is 0. The lowest BCUT2D eigenvalue weighted by molar-refractivity contribution is -0.137. The van der Waals surface area contributed by atoms with Crippen LogP contribution in [0.15, 0.2) is 18.2 Å². The summed E-state index contributed by atoms with van der Waals surface area (Å²) in [5.74, 6) is -0.882. The molecule has 0 fully saturated rings. The number of aromatic nitrogens is 2. The van der Waals surface area contributed by atoms with Crippen molar-refractivity contribution in [2.45, 2.75) is 39.0 Å². The van der Waals surface area contributed by atoms with Gasteiger partial charge >= 0.3 is 6.18 Å². The first-order valence-electron chi connectivity index (χ1n) is 8.06. The fourth-order valence-corrected chi connectivity index (χ4v) is 2.67. The van der Waals surface area contributed by atoms with Crippen LogP contribution in [0.5, 0.6) is 11.8 Å². The number of aliphatic hydroxyl groups is 1. The van der Waals surface area contributed by atoms with E-state index in [1.165, 1.54) is 19.1 Å². The zero-order valence-corrected chi connectivity index (χ0v) is 15.3. The van der Waals surface area contributed by atoms with Gasteiger partial charge in [0.25, 0.3) is 0 Å². The maximum absolute atomic E-state index is 12.7. The monoisotopic (exact) mass is 405 g/mol. The molecule has 6 nitrogen and oxygen atoms in total. The van der Waals surface area contributed by atoms with E-state index in [0.29, 0.717) is 12.0 Å². The van der Waals surface area contributed by atoms with Gasteiger partial charge in [0, 0.05) is 11.1 Å². The molecule has 0 aliphatic rings. The topological polar surface area (TPSA) is 90.5 Å². The molecular weight excluding hydrogens is 387 g/mol. The van der Waals surface area contributed by atoms with E-state index in [1.54, 1.807) is 0 Å². The quantitative estimate of drug-likeness (QED) is 0.537. The second-order valence-corrected chi connectivity index (χ2v) is 6.24. The van der Waals surface area contributed by atoms with E-state index in [9.17, 15) is 28.5 Å². The van der Waals surface area contributed by atoms with Gasteiger partial charge in [-0.1, -0.05) is 37.1 Å². The summed E-state index contributed by atoms with van der Waals surface area (Å²) in [6, 6.07) is 1.76. The molecule has 0 spiro atoms. The molecule has 1 atom stereocenters. The molecule has 2 aromatic rings. The van der Waals surface area contributed by atoms with E-state index in [0.717, 1.165) is 23.2 Å². The van der Waals surface area contributed by atoms with E-state index in [4.69, 9.17) is 11.6 Å². The fraction of sp³-hybridized carbons (Fsp3) is 0.353. The van der Waals surface area contributed by atoms with Crippen LogP contribution in [-0.2, 0) is 6.18 Å². The normalized spacial score (nSPS) is 13.3. The minimum atomic E-state index is -4.64. The van der Waals surface area contributed by atoms with Crippen molar-refractivity contribution in [2.75, 3.05) is 5.43 Å². The number of halogens is 4. The van der Waals surface area contributed by atoms with Gasteiger partial charge in [-0.3, -0.25) is 5.43 Å². The largest absolute Gasteiger partial charge is 0.493 e. The van der Waals surface area contributed by atoms with E-state index < -0.39 is 28.9 Å². The Morgan fingerprint density at radius 1 is 1.30 bits per heavy atom. The van der Waals surface area contributed by atoms with Crippen LogP contribution >= 0.6 is 11.6 Å². The highest BCUT2D eigenvalue weighted by atomic mass is 35.5. The lowest BCUT2D eigenvalue weighted by atomic mass is 10.1. The van der Waals surface area contributed by atoms with Crippen molar-refractivity contribution in [1.82, 2.24) is 9.66 Å². The molecule has 0 saturated heterocycles. The minimum Gasteiger partial charge on any atom is -0.493 e. The number of nitrogens with one attached hydrogen (secondary N) is 1. The van der Waals surface area contributed by atoms with Crippen LogP contribution in [0, 0.1) is 6.92 Å². The third kappa shape index (κ3) is 4.67. The van der Waals surface area contributed by atoms with Gasteiger partial charge in [0.2, 0.25) is 11.8 Å². The predicted octanol–water partition coefficient (Wildman–Crippen LogP) is 4.32. The van der Waals surface area contributed by atoms with Crippen molar-refractivity contribution in [3.05, 3.63) is 40.1 Å². The Labute approximate surface area is 158 Å². The van der Waals surface area contributed by atoms with Gasteiger partial charge in [0.1, 0.15) is 11.0 Å². The van der Waals surface area contributed by atoms with Crippen LogP contribution < -0.4 is 5.43 Å². The molecule has 27 heavy (non-hydrogen) atoms. The Hall–Kier alpha value is -2.39. The number of nitrogens with zero attached hydrogens (tertiary/aromatic N) is 2. The van der Waals surface area contributed by atoms with Gasteiger partial charge in [-0.15, -0.1) is 0 Å². The lowest BCUT2D eigenvalue weighted by Gasteiger charge is -2.12. The third-order valence-electron chi connectivity index (χ3n) is 3.85. The van der Waals surface area contributed by atoms with Crippen LogP contribution in [0.4, 0.5) is 19.0 Å². The maximum Gasteiger partial charge on any atom is 0.419 e. The zero-order chi connectivity index (χ0) is 20.4. The first-order chi connectivity index (χ1) is 12.6. The molecule has 0 radical (unpaired) electrons. The summed E-state index contributed by atoms with van der Waals surface area (Å²) in [6.07, 6.45) is -1.12. The summed E-state index contributed by atoms with van der Waals surface area (Å²) in [5.41, 5.74) is 1.94. The average molecular weight is 406 g/mol. The smallest absolute Gasteiger partial charge is 0.419 e. The molecule has 2 aromatic heterocycles. The van der Waals surface area contributed by atoms with Gasteiger partial charge in [-0.2, -0.15) is 17.8 Å². The summed E-state index contributed by atoms with van der Waals surface area (Å²) in [6.45, 7) is 3.44. The molecule has 0 aliphatic carbocycles. The summed E-state index contributed by atoms with van der Waals surface area (Å²) >= 11 is 5.57. The fourth-order valence-electron chi connectivity index (χ4n) is 2.40. The molecule has 10 heteroatoms. The number of hydrogen-bond donors (Lipinski definition) is 4. The number of rotatable bonds is 6. The van der Waals surface area contributed by atoms with E-state index in [1.807, 2.05) is 6.92 Å². The number of pyridine rings is 1. The number of aromatic hydroxyl groups is 2. The van der Waals surface area contributed by atoms with Crippen LogP contribution in [0.2, 0.25) is 5.15 Å². The second-order valence-electron chi connectivity index (χ2n) is 5.88. The SMILES string of the molecule is CCCC(O)/C=C/c1c(C)c(O)n(Nc2ccc(C(F)(F)F)c(Cl)n2)c1O. The molecule has 2 rings (SSSR count). The van der Waals surface area contributed by atoms with E-state index in [2.05, 4.69) is 10.4 Å². The molecule has 0 saturated carbocycles. The molecule has 1 unspecified atom stereocenters. The highest BCUT2D eigenvalue weighted by Crippen LogP contribution is 2.36. The Balaban J connectivity index is 2.33. The van der Waals surface area contributed by atoms with Crippen LogP contribution in [0.3, 0.4) is 0 Å². The van der Waals surface area contributed by atoms with Crippen molar-refractivity contribution in [1.29, 1.82) is 0 Å². The molecule has 0 aliphatic heterocycles. The molecule has 0 amide bonds. The molecule has 0 bridgehead atoms. The Kier molecular flexibility index (Phi) is 6.27. The number of hydrogen-bond acceptors (Lipinski definition) is 5. The number of aliphatic hydroxyl groups excluding tert-OH is 1. The van der Waals surface area contributed by atoms with Gasteiger partial charge in [0.15, 0.2) is 0 Å². The van der Waals surface area contributed by atoms with Gasteiger partial charge < -0.3 is 15.3 Å². The van der Waals surface area contributed by atoms with E-state index in [-0.39, 0.29) is 17.3 Å². The average Bonchev–Trinajstić information content (AvgIpc) is 2.76. The second kappa shape index (κ2) is 8.10. The van der Waals surface area contributed by atoms with Gasteiger partial charge in [0.05, 0.1) is 11.7 Å². The first-order valence-corrected chi connectivity index (χ1v) is 8.44. The van der Waals surface area contributed by atoms with Crippen LogP contribution in [0.25, 0.3) is 6.08 Å². The zero-order valence-electron chi connectivity index (χ0n) is 14.5. The summed E-state index contributed by atoms with van der Waals surface area (Å²) in [4.78, 5) is 3.59. The number of alkyl halides is 3. The third-order valence-corrected chi connectivity index (χ3v) is 4.14. The van der Waals surface area contributed by atoms with Crippen molar-refractivity contribution in [3.8, 4) is 11.8 Å². The van der Waals surface area contributed by atoms with Crippen LogP contribution in [0.1, 0.15) is 36.5 Å². The first kappa shape index (κ1) is 20.9.